The summed E-state index contributed by atoms with van der Waals surface area (Å²) in [5.74, 6) is 0.377. The fraction of sp³-hybridized carbons (Fsp3) is 0.542. The van der Waals surface area contributed by atoms with Gasteiger partial charge in [0.15, 0.2) is 5.79 Å². The first-order valence-corrected chi connectivity index (χ1v) is 10.3. The van der Waals surface area contributed by atoms with Gasteiger partial charge in [-0.05, 0) is 25.0 Å². The lowest BCUT2D eigenvalue weighted by atomic mass is 9.68. The zero-order chi connectivity index (χ0) is 21.9. The summed E-state index contributed by atoms with van der Waals surface area (Å²) in [6.45, 7) is 9.29. The highest BCUT2D eigenvalue weighted by Gasteiger charge is 2.53. The predicted molar refractivity (Wildman–Crippen MR) is 114 cm³/mol. The van der Waals surface area contributed by atoms with Crippen LogP contribution in [0.1, 0.15) is 51.7 Å². The van der Waals surface area contributed by atoms with Gasteiger partial charge in [0, 0.05) is 36.0 Å². The summed E-state index contributed by atoms with van der Waals surface area (Å²) in [5.41, 5.74) is 3.86. The molecule has 1 saturated heterocycles. The molecule has 0 bridgehead atoms. The molecule has 1 aliphatic carbocycles. The third-order valence-electron chi connectivity index (χ3n) is 6.17. The first-order valence-electron chi connectivity index (χ1n) is 10.3. The van der Waals surface area contributed by atoms with E-state index in [0.29, 0.717) is 24.7 Å². The third kappa shape index (κ3) is 4.12. The van der Waals surface area contributed by atoms with Gasteiger partial charge in [-0.25, -0.2) is 0 Å². The summed E-state index contributed by atoms with van der Waals surface area (Å²) in [6.07, 6.45) is 5.91. The molecule has 1 aromatic carbocycles. The average molecular weight is 417 g/mol. The lowest BCUT2D eigenvalue weighted by Crippen LogP contribution is -2.49. The monoisotopic (exact) mass is 416 g/mol. The summed E-state index contributed by atoms with van der Waals surface area (Å²) in [6, 6.07) is 3.69. The molecule has 2 aliphatic rings. The Balaban J connectivity index is 2.02. The first kappa shape index (κ1) is 22.4. The van der Waals surface area contributed by atoms with Crippen LogP contribution in [0, 0.1) is 5.41 Å². The van der Waals surface area contributed by atoms with Crippen LogP contribution >= 0.6 is 0 Å². The van der Waals surface area contributed by atoms with Gasteiger partial charge >= 0.3 is 5.97 Å². The van der Waals surface area contributed by atoms with Gasteiger partial charge in [-0.3, -0.25) is 4.79 Å². The van der Waals surface area contributed by atoms with Gasteiger partial charge in [0.1, 0.15) is 18.1 Å². The first-order chi connectivity index (χ1) is 14.2. The molecule has 1 aliphatic heterocycles. The van der Waals surface area contributed by atoms with Crippen molar-refractivity contribution in [2.75, 3.05) is 27.4 Å². The second kappa shape index (κ2) is 8.82. The Bertz CT molecular complexity index is 859. The molecular formula is C24H32O6. The normalized spacial score (nSPS) is 20.1. The third-order valence-corrected chi connectivity index (χ3v) is 6.17. The van der Waals surface area contributed by atoms with E-state index < -0.39 is 5.79 Å². The average Bonchev–Trinajstić information content (AvgIpc) is 3.20. The zero-order valence-corrected chi connectivity index (χ0v) is 18.8. The summed E-state index contributed by atoms with van der Waals surface area (Å²) in [4.78, 5) is 11.4. The number of rotatable bonds is 6. The molecule has 1 spiro atoms. The van der Waals surface area contributed by atoms with Gasteiger partial charge < -0.3 is 23.7 Å². The molecule has 0 amide bonds. The van der Waals surface area contributed by atoms with Crippen LogP contribution in [-0.4, -0.2) is 39.2 Å². The number of hydrogen-bond acceptors (Lipinski definition) is 6. The van der Waals surface area contributed by atoms with Crippen molar-refractivity contribution in [3.05, 3.63) is 40.5 Å². The largest absolute Gasteiger partial charge is 0.497 e. The van der Waals surface area contributed by atoms with Gasteiger partial charge in [0.05, 0.1) is 27.4 Å². The molecule has 0 saturated carbocycles. The van der Waals surface area contributed by atoms with E-state index >= 15 is 0 Å². The van der Waals surface area contributed by atoms with Crippen LogP contribution in [0.15, 0.2) is 29.4 Å². The Labute approximate surface area is 178 Å². The second-order valence-corrected chi connectivity index (χ2v) is 8.28. The van der Waals surface area contributed by atoms with Crippen molar-refractivity contribution in [3.8, 4) is 11.5 Å². The van der Waals surface area contributed by atoms with Gasteiger partial charge in [0.2, 0.25) is 0 Å². The predicted octanol–water partition coefficient (Wildman–Crippen LogP) is 4.66. The molecule has 30 heavy (non-hydrogen) atoms. The van der Waals surface area contributed by atoms with E-state index in [2.05, 4.69) is 26.8 Å². The summed E-state index contributed by atoms with van der Waals surface area (Å²) >= 11 is 0. The number of benzene rings is 1. The summed E-state index contributed by atoms with van der Waals surface area (Å²) < 4.78 is 28.5. The number of carbonyl (C=O) groups is 1. The molecule has 3 rings (SSSR count). The molecule has 0 atom stereocenters. The topological polar surface area (TPSA) is 63.2 Å². The van der Waals surface area contributed by atoms with Crippen molar-refractivity contribution < 1.29 is 28.5 Å². The van der Waals surface area contributed by atoms with E-state index in [4.69, 9.17) is 23.7 Å². The molecule has 6 heteroatoms. The molecule has 1 heterocycles. The second-order valence-electron chi connectivity index (χ2n) is 8.28. The Morgan fingerprint density at radius 2 is 1.83 bits per heavy atom. The van der Waals surface area contributed by atoms with E-state index in [1.807, 2.05) is 18.2 Å². The van der Waals surface area contributed by atoms with Crippen LogP contribution in [0.4, 0.5) is 0 Å². The molecular weight excluding hydrogens is 384 g/mol. The lowest BCUT2D eigenvalue weighted by Gasteiger charge is -2.47. The Morgan fingerprint density at radius 3 is 2.43 bits per heavy atom. The highest BCUT2D eigenvalue weighted by Crippen LogP contribution is 2.52. The summed E-state index contributed by atoms with van der Waals surface area (Å²) in [7, 11) is 3.21. The number of esters is 1. The SMILES string of the molecule is COc1cc(COC(C)=O)c(/C=C/C2=C(C)CCC3(OCCO3)C2(C)C)c(OC)c1. The lowest BCUT2D eigenvalue weighted by molar-refractivity contribution is -0.223. The van der Waals surface area contributed by atoms with E-state index in [1.165, 1.54) is 18.1 Å². The van der Waals surface area contributed by atoms with Crippen molar-refractivity contribution in [1.29, 1.82) is 0 Å². The fourth-order valence-corrected chi connectivity index (χ4v) is 4.45. The minimum Gasteiger partial charge on any atom is -0.497 e. The minimum absolute atomic E-state index is 0.139. The van der Waals surface area contributed by atoms with Gasteiger partial charge in [0.25, 0.3) is 0 Å². The maximum atomic E-state index is 11.4. The fourth-order valence-electron chi connectivity index (χ4n) is 4.45. The van der Waals surface area contributed by atoms with Crippen LogP contribution in [0.3, 0.4) is 0 Å². The highest BCUT2D eigenvalue weighted by atomic mass is 16.7. The van der Waals surface area contributed by atoms with Crippen molar-refractivity contribution in [1.82, 2.24) is 0 Å². The summed E-state index contributed by atoms with van der Waals surface area (Å²) in [5, 5.41) is 0. The zero-order valence-electron chi connectivity index (χ0n) is 18.8. The van der Waals surface area contributed by atoms with Crippen LogP contribution in [-0.2, 0) is 25.6 Å². The molecule has 0 unspecified atom stereocenters. The van der Waals surface area contributed by atoms with Gasteiger partial charge in [-0.2, -0.15) is 0 Å². The van der Waals surface area contributed by atoms with Gasteiger partial charge in [-0.15, -0.1) is 0 Å². The number of carbonyl (C=O) groups excluding carboxylic acids is 1. The maximum Gasteiger partial charge on any atom is 0.302 e. The number of ether oxygens (including phenoxy) is 5. The van der Waals surface area contributed by atoms with E-state index in [9.17, 15) is 4.79 Å². The number of hydrogen-bond donors (Lipinski definition) is 0. The molecule has 0 N–H and O–H groups in total. The van der Waals surface area contributed by atoms with E-state index in [0.717, 1.165) is 24.0 Å². The number of methoxy groups -OCH3 is 2. The van der Waals surface area contributed by atoms with Crippen molar-refractivity contribution in [2.24, 2.45) is 5.41 Å². The standard InChI is InChI=1S/C24H32O6/c1-16-9-10-24(29-11-12-30-24)23(3,4)21(16)8-7-20-18(15-28-17(2)25)13-19(26-5)14-22(20)27-6/h7-8,13-14H,9-12,15H2,1-6H3/b8-7+. The van der Waals surface area contributed by atoms with Crippen molar-refractivity contribution in [3.63, 3.8) is 0 Å². The van der Waals surface area contributed by atoms with Crippen LogP contribution < -0.4 is 9.47 Å². The highest BCUT2D eigenvalue weighted by molar-refractivity contribution is 5.68. The van der Waals surface area contributed by atoms with E-state index in [-0.39, 0.29) is 18.0 Å². The van der Waals surface area contributed by atoms with Crippen LogP contribution in [0.5, 0.6) is 11.5 Å². The molecule has 0 radical (unpaired) electrons. The molecule has 0 aromatic heterocycles. The van der Waals surface area contributed by atoms with Crippen molar-refractivity contribution in [2.45, 2.75) is 52.9 Å². The smallest absolute Gasteiger partial charge is 0.302 e. The Hall–Kier alpha value is -2.31. The molecule has 1 aromatic rings. The molecule has 1 fully saturated rings. The maximum absolute atomic E-state index is 11.4. The van der Waals surface area contributed by atoms with Gasteiger partial charge in [-0.1, -0.05) is 31.6 Å². The molecule has 6 nitrogen and oxygen atoms in total. The Kier molecular flexibility index (Phi) is 6.58. The molecule has 164 valence electrons. The Morgan fingerprint density at radius 1 is 1.13 bits per heavy atom. The minimum atomic E-state index is -0.587. The van der Waals surface area contributed by atoms with E-state index in [1.54, 1.807) is 14.2 Å². The quantitative estimate of drug-likeness (QED) is 0.629. The number of allylic oxidation sites excluding steroid dienone is 2. The van der Waals surface area contributed by atoms with Crippen LogP contribution in [0.25, 0.3) is 6.08 Å². The van der Waals surface area contributed by atoms with Crippen LogP contribution in [0.2, 0.25) is 0 Å². The van der Waals surface area contributed by atoms with Crippen molar-refractivity contribution >= 4 is 12.0 Å².